The third-order valence-electron chi connectivity index (χ3n) is 4.93. The number of rotatable bonds is 7. The quantitative estimate of drug-likeness (QED) is 0.529. The number of aromatic nitrogens is 1. The molecule has 1 amide bonds. The number of carbonyl (C=O) groups is 1. The predicted molar refractivity (Wildman–Crippen MR) is 111 cm³/mol. The van der Waals surface area contributed by atoms with Gasteiger partial charge in [-0.15, -0.1) is 0 Å². The minimum absolute atomic E-state index is 0.00260. The first-order valence-electron chi connectivity index (χ1n) is 9.56. The van der Waals surface area contributed by atoms with Crippen LogP contribution in [0.5, 0.6) is 17.6 Å². The van der Waals surface area contributed by atoms with Gasteiger partial charge >= 0.3 is 12.2 Å². The molecule has 0 bridgehead atoms. The molecule has 0 aliphatic carbocycles. The van der Waals surface area contributed by atoms with Crippen molar-refractivity contribution in [1.29, 1.82) is 0 Å². The second kappa shape index (κ2) is 8.67. The van der Waals surface area contributed by atoms with Gasteiger partial charge in [0.1, 0.15) is 23.6 Å². The number of fused-ring (bicyclic) bond motifs is 1. The Hall–Kier alpha value is -3.71. The normalized spacial score (nSPS) is 15.7. The topological polar surface area (TPSA) is 123 Å². The summed E-state index contributed by atoms with van der Waals surface area (Å²) in [6, 6.07) is 5.62. The number of nitrogens with zero attached hydrogens (tertiary/aromatic N) is 2. The Morgan fingerprint density at radius 1 is 1.27 bits per heavy atom. The highest BCUT2D eigenvalue weighted by atomic mass is 32.2. The monoisotopic (exact) mass is 480 g/mol. The molecule has 174 valence electrons. The maximum atomic E-state index is 14.9. The van der Waals surface area contributed by atoms with E-state index in [4.69, 9.17) is 13.9 Å². The van der Waals surface area contributed by atoms with Crippen molar-refractivity contribution in [2.24, 2.45) is 0 Å². The number of halogens is 2. The van der Waals surface area contributed by atoms with Crippen LogP contribution in [0.25, 0.3) is 0 Å². The van der Waals surface area contributed by atoms with Gasteiger partial charge in [-0.3, -0.25) is 9.62 Å². The van der Waals surface area contributed by atoms with Crippen LogP contribution in [0.2, 0.25) is 0 Å². The third kappa shape index (κ3) is 4.59. The zero-order valence-electron chi connectivity index (χ0n) is 17.3. The van der Waals surface area contributed by atoms with Gasteiger partial charge < -0.3 is 13.9 Å². The van der Waals surface area contributed by atoms with E-state index in [9.17, 15) is 22.0 Å². The van der Waals surface area contributed by atoms with Crippen molar-refractivity contribution in [3.05, 3.63) is 65.6 Å². The third-order valence-corrected chi connectivity index (χ3v) is 5.96. The summed E-state index contributed by atoms with van der Waals surface area (Å²) >= 11 is 0. The smallest absolute Gasteiger partial charge is 0.416 e. The number of amides is 1. The largest absolute Gasteiger partial charge is 0.417 e. The van der Waals surface area contributed by atoms with Gasteiger partial charge in [-0.2, -0.15) is 13.4 Å². The van der Waals surface area contributed by atoms with Crippen LogP contribution in [0, 0.1) is 11.6 Å². The van der Waals surface area contributed by atoms with E-state index in [1.807, 2.05) is 9.44 Å². The summed E-state index contributed by atoms with van der Waals surface area (Å²) in [5.41, 5.74) is -0.232. The van der Waals surface area contributed by atoms with E-state index in [0.717, 1.165) is 11.0 Å². The number of ether oxygens (including phenoxy) is 2. The SMILES string of the molecule is CNS(=O)(=O)Nc1cccc(CN2C(=O)Oc3cc(Oc4ncco4)cc(F)c3[C@H]2C)c1F. The van der Waals surface area contributed by atoms with Crippen LogP contribution in [0.15, 0.2) is 47.2 Å². The fraction of sp³-hybridized carbons (Fsp3) is 0.200. The number of hydrogen-bond acceptors (Lipinski definition) is 7. The molecule has 2 N–H and O–H groups in total. The van der Waals surface area contributed by atoms with Gasteiger partial charge in [0.2, 0.25) is 0 Å². The summed E-state index contributed by atoms with van der Waals surface area (Å²) in [5, 5.41) is 0. The molecule has 1 aliphatic heterocycles. The highest BCUT2D eigenvalue weighted by Crippen LogP contribution is 2.41. The average molecular weight is 480 g/mol. The Morgan fingerprint density at radius 2 is 2.06 bits per heavy atom. The Labute approximate surface area is 187 Å². The number of oxazole rings is 1. The Kier molecular flexibility index (Phi) is 5.91. The first kappa shape index (κ1) is 22.5. The fourth-order valence-electron chi connectivity index (χ4n) is 3.31. The van der Waals surface area contributed by atoms with Gasteiger partial charge in [0.15, 0.2) is 5.82 Å². The van der Waals surface area contributed by atoms with E-state index in [-0.39, 0.29) is 40.9 Å². The van der Waals surface area contributed by atoms with Crippen LogP contribution in [0.3, 0.4) is 0 Å². The van der Waals surface area contributed by atoms with Crippen LogP contribution in [0.4, 0.5) is 19.3 Å². The fourth-order valence-corrected chi connectivity index (χ4v) is 3.86. The van der Waals surface area contributed by atoms with Crippen LogP contribution in [-0.4, -0.2) is 31.4 Å². The Morgan fingerprint density at radius 3 is 2.76 bits per heavy atom. The summed E-state index contributed by atoms with van der Waals surface area (Å²) in [6.45, 7) is 1.26. The van der Waals surface area contributed by atoms with Gasteiger partial charge in [0, 0.05) is 24.7 Å². The van der Waals surface area contributed by atoms with Crippen molar-refractivity contribution in [2.75, 3.05) is 11.8 Å². The molecule has 4 rings (SSSR count). The second-order valence-electron chi connectivity index (χ2n) is 6.98. The molecule has 3 aromatic rings. The van der Waals surface area contributed by atoms with Gasteiger partial charge in [-0.25, -0.2) is 18.3 Å². The lowest BCUT2D eigenvalue weighted by molar-refractivity contribution is 0.114. The molecule has 1 aromatic heterocycles. The van der Waals surface area contributed by atoms with Crippen molar-refractivity contribution in [3.63, 3.8) is 0 Å². The summed E-state index contributed by atoms with van der Waals surface area (Å²) in [4.78, 5) is 17.5. The zero-order chi connectivity index (χ0) is 23.8. The number of anilines is 1. The Bertz CT molecular complexity index is 1300. The molecule has 0 radical (unpaired) electrons. The highest BCUT2D eigenvalue weighted by Gasteiger charge is 2.35. The van der Waals surface area contributed by atoms with Gasteiger partial charge in [-0.05, 0) is 13.0 Å². The molecule has 0 spiro atoms. The lowest BCUT2D eigenvalue weighted by Gasteiger charge is -2.34. The molecular weight excluding hydrogens is 462 g/mol. The second-order valence-corrected chi connectivity index (χ2v) is 8.60. The lowest BCUT2D eigenvalue weighted by atomic mass is 10.0. The number of benzene rings is 2. The van der Waals surface area contributed by atoms with Crippen LogP contribution < -0.4 is 18.9 Å². The standard InChI is InChI=1S/C20H18F2N4O6S/c1-11-17-14(21)8-13(31-19-24-6-7-30-19)9-16(17)32-20(27)26(11)10-12-4-3-5-15(18(12)22)25-33(28,29)23-2/h3-9,11,23,25H,10H2,1-2H3/t11-/m1/s1. The molecular formula is C20H18F2N4O6S. The molecule has 2 heterocycles. The van der Waals surface area contributed by atoms with Crippen LogP contribution in [0.1, 0.15) is 24.1 Å². The van der Waals surface area contributed by atoms with Gasteiger partial charge in [-0.1, -0.05) is 12.1 Å². The molecule has 0 unspecified atom stereocenters. The first-order chi connectivity index (χ1) is 15.7. The van der Waals surface area contributed by atoms with Gasteiger partial charge in [0.05, 0.1) is 30.0 Å². The minimum atomic E-state index is -3.95. The lowest BCUT2D eigenvalue weighted by Crippen LogP contribution is -2.40. The summed E-state index contributed by atoms with van der Waals surface area (Å²) < 4.78 is 72.8. The number of hydrogen-bond donors (Lipinski definition) is 2. The summed E-state index contributed by atoms with van der Waals surface area (Å²) in [7, 11) is -2.78. The molecule has 13 heteroatoms. The summed E-state index contributed by atoms with van der Waals surface area (Å²) in [6.07, 6.45) is 1.67. The van der Waals surface area contributed by atoms with E-state index in [1.54, 1.807) is 6.92 Å². The molecule has 10 nitrogen and oxygen atoms in total. The number of carbonyl (C=O) groups excluding carboxylic acids is 1. The van der Waals surface area contributed by atoms with E-state index in [1.165, 1.54) is 43.8 Å². The van der Waals surface area contributed by atoms with E-state index in [0.29, 0.717) is 0 Å². The van der Waals surface area contributed by atoms with E-state index in [2.05, 4.69) is 4.98 Å². The molecule has 1 atom stereocenters. The van der Waals surface area contributed by atoms with Crippen molar-refractivity contribution in [3.8, 4) is 17.6 Å². The average Bonchev–Trinajstić information content (AvgIpc) is 3.26. The molecule has 0 saturated heterocycles. The highest BCUT2D eigenvalue weighted by molar-refractivity contribution is 7.90. The minimum Gasteiger partial charge on any atom is -0.417 e. The predicted octanol–water partition coefficient (Wildman–Crippen LogP) is 3.70. The first-order valence-corrected chi connectivity index (χ1v) is 11.0. The Balaban J connectivity index is 1.60. The van der Waals surface area contributed by atoms with E-state index < -0.39 is 34.0 Å². The molecule has 2 aromatic carbocycles. The maximum absolute atomic E-state index is 14.9. The molecule has 0 fully saturated rings. The van der Waals surface area contributed by atoms with Gasteiger partial charge in [0.25, 0.3) is 10.2 Å². The van der Waals surface area contributed by atoms with Crippen LogP contribution >= 0.6 is 0 Å². The van der Waals surface area contributed by atoms with Crippen molar-refractivity contribution >= 4 is 22.0 Å². The van der Waals surface area contributed by atoms with Crippen molar-refractivity contribution in [1.82, 2.24) is 14.6 Å². The number of nitrogens with one attached hydrogen (secondary N) is 2. The zero-order valence-corrected chi connectivity index (χ0v) is 18.2. The molecule has 1 aliphatic rings. The van der Waals surface area contributed by atoms with Crippen molar-refractivity contribution in [2.45, 2.75) is 19.5 Å². The summed E-state index contributed by atoms with van der Waals surface area (Å²) in [5.74, 6) is -1.63. The van der Waals surface area contributed by atoms with Crippen molar-refractivity contribution < 1.29 is 35.9 Å². The van der Waals surface area contributed by atoms with Crippen LogP contribution in [-0.2, 0) is 16.8 Å². The molecule has 33 heavy (non-hydrogen) atoms. The molecule has 0 saturated carbocycles. The van der Waals surface area contributed by atoms with E-state index >= 15 is 0 Å². The maximum Gasteiger partial charge on any atom is 0.416 e.